The maximum Gasteiger partial charge on any atom is 0.338 e. The fourth-order valence-electron chi connectivity index (χ4n) is 2.02. The first-order valence-electron chi connectivity index (χ1n) is 5.91. The highest BCUT2D eigenvalue weighted by molar-refractivity contribution is 9.10. The molecule has 0 amide bonds. The van der Waals surface area contributed by atoms with Gasteiger partial charge in [-0.25, -0.2) is 14.8 Å². The van der Waals surface area contributed by atoms with Gasteiger partial charge in [-0.2, -0.15) is 0 Å². The van der Waals surface area contributed by atoms with E-state index in [0.717, 1.165) is 15.6 Å². The summed E-state index contributed by atoms with van der Waals surface area (Å²) in [7, 11) is 0. The molecule has 0 spiro atoms. The first-order valence-corrected chi connectivity index (χ1v) is 6.70. The van der Waals surface area contributed by atoms with Crippen LogP contribution in [0.1, 0.15) is 15.9 Å². The topological polar surface area (TPSA) is 78.9 Å². The Morgan fingerprint density at radius 2 is 2.15 bits per heavy atom. The van der Waals surface area contributed by atoms with Gasteiger partial charge in [0.15, 0.2) is 5.65 Å². The van der Waals surface area contributed by atoms with E-state index < -0.39 is 5.97 Å². The van der Waals surface area contributed by atoms with Gasteiger partial charge in [-0.05, 0) is 30.7 Å². The van der Waals surface area contributed by atoms with Crippen molar-refractivity contribution >= 4 is 33.1 Å². The molecule has 2 aromatic heterocycles. The number of halogens is 1. The van der Waals surface area contributed by atoms with E-state index in [1.165, 1.54) is 12.3 Å². The second-order valence-corrected chi connectivity index (χ2v) is 5.27. The van der Waals surface area contributed by atoms with Crippen LogP contribution in [0, 0.1) is 6.92 Å². The quantitative estimate of drug-likeness (QED) is 0.754. The number of rotatable bonds is 2. The number of aromatic carboxylic acids is 1. The summed E-state index contributed by atoms with van der Waals surface area (Å²) in [5.41, 5.74) is 2.98. The number of aromatic amines is 1. The first kappa shape index (κ1) is 12.8. The van der Waals surface area contributed by atoms with E-state index in [1.54, 1.807) is 0 Å². The van der Waals surface area contributed by atoms with Crippen molar-refractivity contribution in [3.63, 3.8) is 0 Å². The molecule has 2 N–H and O–H groups in total. The minimum absolute atomic E-state index is 0.169. The predicted molar refractivity (Wildman–Crippen MR) is 78.7 cm³/mol. The maximum atomic E-state index is 11.2. The number of nitrogens with zero attached hydrogens (tertiary/aromatic N) is 2. The lowest BCUT2D eigenvalue weighted by atomic mass is 10.1. The highest BCUT2D eigenvalue weighted by Gasteiger charge is 2.14. The maximum absolute atomic E-state index is 11.2. The Bertz CT molecular complexity index is 826. The van der Waals surface area contributed by atoms with Crippen molar-refractivity contribution in [2.45, 2.75) is 6.92 Å². The van der Waals surface area contributed by atoms with Gasteiger partial charge >= 0.3 is 5.97 Å². The summed E-state index contributed by atoms with van der Waals surface area (Å²) in [5, 5.41) is 9.16. The molecule has 0 atom stereocenters. The van der Waals surface area contributed by atoms with Gasteiger partial charge in [0, 0.05) is 16.2 Å². The van der Waals surface area contributed by atoms with Crippen LogP contribution in [0.5, 0.6) is 0 Å². The minimum Gasteiger partial charge on any atom is -0.478 e. The molecule has 0 aliphatic rings. The molecule has 0 radical (unpaired) electrons. The molecular weight excluding hydrogens is 322 g/mol. The lowest BCUT2D eigenvalue weighted by molar-refractivity contribution is 0.0699. The van der Waals surface area contributed by atoms with Crippen molar-refractivity contribution in [1.82, 2.24) is 15.0 Å². The Hall–Kier alpha value is -2.21. The van der Waals surface area contributed by atoms with Crippen molar-refractivity contribution in [3.8, 4) is 11.4 Å². The van der Waals surface area contributed by atoms with E-state index in [-0.39, 0.29) is 5.56 Å². The molecule has 0 unspecified atom stereocenters. The molecule has 5 nitrogen and oxygen atoms in total. The lowest BCUT2D eigenvalue weighted by Gasteiger charge is -2.00. The van der Waals surface area contributed by atoms with Crippen molar-refractivity contribution in [2.24, 2.45) is 0 Å². The summed E-state index contributed by atoms with van der Waals surface area (Å²) < 4.78 is 1.02. The van der Waals surface area contributed by atoms with Crippen LogP contribution in [-0.2, 0) is 0 Å². The Morgan fingerprint density at radius 1 is 1.35 bits per heavy atom. The van der Waals surface area contributed by atoms with Crippen molar-refractivity contribution in [1.29, 1.82) is 0 Å². The minimum atomic E-state index is -1.00. The average molecular weight is 332 g/mol. The Labute approximate surface area is 122 Å². The number of pyridine rings is 1. The van der Waals surface area contributed by atoms with Gasteiger partial charge in [0.25, 0.3) is 0 Å². The number of aromatic nitrogens is 3. The molecule has 0 saturated heterocycles. The van der Waals surface area contributed by atoms with E-state index >= 15 is 0 Å². The summed E-state index contributed by atoms with van der Waals surface area (Å²) in [5.74, 6) is -0.392. The van der Waals surface area contributed by atoms with Gasteiger partial charge < -0.3 is 10.1 Å². The van der Waals surface area contributed by atoms with Gasteiger partial charge in [0.1, 0.15) is 5.82 Å². The molecule has 0 saturated carbocycles. The molecule has 3 aromatic rings. The van der Waals surface area contributed by atoms with E-state index in [9.17, 15) is 4.79 Å². The number of benzene rings is 1. The number of carboxylic acid groups (broad SMARTS) is 1. The van der Waals surface area contributed by atoms with Gasteiger partial charge in [-0.1, -0.05) is 22.0 Å². The van der Waals surface area contributed by atoms with Crippen LogP contribution in [0.15, 0.2) is 34.9 Å². The molecule has 2 heterocycles. The molecule has 0 bridgehead atoms. The third-order valence-electron chi connectivity index (χ3n) is 3.05. The third-order valence-corrected chi connectivity index (χ3v) is 3.94. The number of hydrogen-bond donors (Lipinski definition) is 2. The second-order valence-electron chi connectivity index (χ2n) is 4.41. The molecule has 0 aliphatic carbocycles. The zero-order valence-corrected chi connectivity index (χ0v) is 12.1. The Kier molecular flexibility index (Phi) is 3.02. The average Bonchev–Trinajstić information content (AvgIpc) is 2.85. The fourth-order valence-corrected chi connectivity index (χ4v) is 2.26. The van der Waals surface area contributed by atoms with Gasteiger partial charge in [0.2, 0.25) is 0 Å². The predicted octanol–water partition coefficient (Wildman–Crippen LogP) is 3.39. The molecule has 1 aromatic carbocycles. The SMILES string of the molecule is Cc1cc(-c2nc3nccc(C(=O)O)c3[nH]2)ccc1Br. The van der Waals surface area contributed by atoms with Gasteiger partial charge in [-0.3, -0.25) is 0 Å². The summed E-state index contributed by atoms with van der Waals surface area (Å²) in [4.78, 5) is 22.7. The number of aryl methyl sites for hydroxylation is 1. The molecule has 20 heavy (non-hydrogen) atoms. The number of carboxylic acids is 1. The third kappa shape index (κ3) is 2.08. The van der Waals surface area contributed by atoms with Crippen LogP contribution in [0.4, 0.5) is 0 Å². The zero-order chi connectivity index (χ0) is 14.3. The van der Waals surface area contributed by atoms with Crippen LogP contribution in [0.3, 0.4) is 0 Å². The highest BCUT2D eigenvalue weighted by Crippen LogP contribution is 2.25. The van der Waals surface area contributed by atoms with Crippen molar-refractivity contribution in [2.75, 3.05) is 0 Å². The summed E-state index contributed by atoms with van der Waals surface area (Å²) in [6.45, 7) is 1.98. The van der Waals surface area contributed by atoms with Crippen molar-refractivity contribution < 1.29 is 9.90 Å². The lowest BCUT2D eigenvalue weighted by Crippen LogP contribution is -1.97. The normalized spacial score (nSPS) is 10.9. The van der Waals surface area contributed by atoms with Crippen LogP contribution < -0.4 is 0 Å². The summed E-state index contributed by atoms with van der Waals surface area (Å²) in [6.07, 6.45) is 1.45. The molecule has 0 fully saturated rings. The van der Waals surface area contributed by atoms with Crippen LogP contribution >= 0.6 is 15.9 Å². The molecule has 100 valence electrons. The smallest absolute Gasteiger partial charge is 0.338 e. The van der Waals surface area contributed by atoms with Gasteiger partial charge in [-0.15, -0.1) is 0 Å². The largest absolute Gasteiger partial charge is 0.478 e. The van der Waals surface area contributed by atoms with E-state index in [2.05, 4.69) is 30.9 Å². The number of nitrogens with one attached hydrogen (secondary N) is 1. The van der Waals surface area contributed by atoms with E-state index in [0.29, 0.717) is 17.0 Å². The summed E-state index contributed by atoms with van der Waals surface area (Å²) >= 11 is 3.45. The molecule has 3 rings (SSSR count). The standard InChI is InChI=1S/C14H10BrN3O2/c1-7-6-8(2-3-10(7)15)12-17-11-9(14(19)20)4-5-16-13(11)18-12/h2-6H,1H3,(H,19,20)(H,16,17,18). The Morgan fingerprint density at radius 3 is 2.85 bits per heavy atom. The van der Waals surface area contributed by atoms with E-state index in [1.807, 2.05) is 25.1 Å². The zero-order valence-electron chi connectivity index (χ0n) is 10.5. The van der Waals surface area contributed by atoms with Crippen molar-refractivity contribution in [3.05, 3.63) is 46.1 Å². The number of fused-ring (bicyclic) bond motifs is 1. The van der Waals surface area contributed by atoms with Gasteiger partial charge in [0.05, 0.1) is 11.1 Å². The second kappa shape index (κ2) is 4.72. The summed E-state index contributed by atoms with van der Waals surface area (Å²) in [6, 6.07) is 7.28. The Balaban J connectivity index is 2.20. The number of imidazole rings is 1. The van der Waals surface area contributed by atoms with E-state index in [4.69, 9.17) is 5.11 Å². The number of H-pyrrole nitrogens is 1. The van der Waals surface area contributed by atoms with Crippen LogP contribution in [0.2, 0.25) is 0 Å². The monoisotopic (exact) mass is 331 g/mol. The van der Waals surface area contributed by atoms with Crippen LogP contribution in [0.25, 0.3) is 22.6 Å². The highest BCUT2D eigenvalue weighted by atomic mass is 79.9. The molecular formula is C14H10BrN3O2. The number of carbonyl (C=O) groups is 1. The van der Waals surface area contributed by atoms with Crippen LogP contribution in [-0.4, -0.2) is 26.0 Å². The number of hydrogen-bond acceptors (Lipinski definition) is 3. The molecule has 0 aliphatic heterocycles. The molecule has 6 heteroatoms. The fraction of sp³-hybridized carbons (Fsp3) is 0.0714. The first-order chi connectivity index (χ1) is 9.56.